The van der Waals surface area contributed by atoms with Gasteiger partial charge in [0.2, 0.25) is 0 Å². The van der Waals surface area contributed by atoms with E-state index in [-0.39, 0.29) is 11.5 Å². The van der Waals surface area contributed by atoms with Crippen LogP contribution in [0.1, 0.15) is 10.4 Å². The van der Waals surface area contributed by atoms with E-state index < -0.39 is 0 Å². The molecule has 0 bridgehead atoms. The van der Waals surface area contributed by atoms with E-state index in [0.29, 0.717) is 33.2 Å². The van der Waals surface area contributed by atoms with Crippen LogP contribution in [0.25, 0.3) is 22.3 Å². The number of hydrogen-bond acceptors (Lipinski definition) is 5. The molecular weight excluding hydrogens is 304 g/mol. The van der Waals surface area contributed by atoms with E-state index in [9.17, 15) is 15.0 Å². The van der Waals surface area contributed by atoms with Crippen molar-refractivity contribution in [3.8, 4) is 33.8 Å². The van der Waals surface area contributed by atoms with Gasteiger partial charge >= 0.3 is 0 Å². The van der Waals surface area contributed by atoms with Gasteiger partial charge in [-0.15, -0.1) is 0 Å². The zero-order chi connectivity index (χ0) is 16.4. The molecule has 0 atom stereocenters. The number of hydrogen-bond donors (Lipinski definition) is 2. The summed E-state index contributed by atoms with van der Waals surface area (Å²) in [6, 6.07) is 11.7. The highest BCUT2D eigenvalue weighted by molar-refractivity contribution is 5.96. The van der Waals surface area contributed by atoms with Crippen LogP contribution in [0, 0.1) is 0 Å². The maximum Gasteiger partial charge on any atom is 0.152 e. The molecule has 5 heteroatoms. The Morgan fingerprint density at radius 3 is 2.17 bits per heavy atom. The van der Waals surface area contributed by atoms with Gasteiger partial charge in [0.25, 0.3) is 0 Å². The number of aromatic hydroxyl groups is 2. The molecule has 0 saturated heterocycles. The molecule has 2 aliphatic heterocycles. The van der Waals surface area contributed by atoms with Crippen LogP contribution in [0.4, 0.5) is 11.4 Å². The molecule has 3 aromatic rings. The lowest BCUT2D eigenvalue weighted by atomic mass is 9.95. The lowest BCUT2D eigenvalue weighted by Crippen LogP contribution is -2.18. The van der Waals surface area contributed by atoms with Crippen molar-refractivity contribution in [2.75, 3.05) is 0 Å². The quantitative estimate of drug-likeness (QED) is 0.467. The molecular formula is C19H10N2O3. The molecule has 3 aromatic carbocycles. The van der Waals surface area contributed by atoms with Gasteiger partial charge in [0.15, 0.2) is 6.29 Å². The minimum absolute atomic E-state index is 0.124. The minimum Gasteiger partial charge on any atom is -0.508 e. The average Bonchev–Trinajstić information content (AvgIpc) is 3.10. The van der Waals surface area contributed by atoms with Crippen LogP contribution in [0.2, 0.25) is 0 Å². The van der Waals surface area contributed by atoms with Gasteiger partial charge in [0, 0.05) is 22.3 Å². The molecule has 0 unspecified atom stereocenters. The third-order valence-electron chi connectivity index (χ3n) is 4.43. The Labute approximate surface area is 135 Å². The maximum atomic E-state index is 11.8. The largest absolute Gasteiger partial charge is 0.508 e. The van der Waals surface area contributed by atoms with Crippen molar-refractivity contribution >= 4 is 17.7 Å². The van der Waals surface area contributed by atoms with Gasteiger partial charge in [-0.05, 0) is 42.5 Å². The Bertz CT molecular complexity index is 1200. The number of phenolic OH excluding ortho intramolecular Hbond substituents is 2. The highest BCUT2D eigenvalue weighted by Gasteiger charge is 2.25. The van der Waals surface area contributed by atoms with Crippen LogP contribution >= 0.6 is 0 Å². The third kappa shape index (κ3) is 1.55. The van der Waals surface area contributed by atoms with Gasteiger partial charge in [-0.2, -0.15) is 0 Å². The number of carbonyl (C=O) groups is 1. The highest BCUT2D eigenvalue weighted by Crippen LogP contribution is 2.40. The number of benzene rings is 3. The van der Waals surface area contributed by atoms with E-state index in [1.165, 1.54) is 0 Å². The number of aldehydes is 1. The second kappa shape index (κ2) is 4.29. The smallest absolute Gasteiger partial charge is 0.152 e. The summed E-state index contributed by atoms with van der Waals surface area (Å²) in [4.78, 5) is 20.9. The summed E-state index contributed by atoms with van der Waals surface area (Å²) in [7, 11) is 0. The number of fused-ring (bicyclic) bond motifs is 6. The Kier molecular flexibility index (Phi) is 2.33. The standard InChI is InChI=1S/C19H10N2O3/c22-8-14-18-13-6-10(24)2-4-16(13)20-17(18)7-12-11-5-9(23)1-3-15(11)21-19(12)14/h1-8,23-24H. The molecule has 24 heavy (non-hydrogen) atoms. The molecule has 0 aliphatic carbocycles. The summed E-state index contributed by atoms with van der Waals surface area (Å²) in [5, 5.41) is 20.8. The van der Waals surface area contributed by atoms with E-state index in [1.807, 2.05) is 6.07 Å². The fourth-order valence-electron chi connectivity index (χ4n) is 3.40. The van der Waals surface area contributed by atoms with Crippen LogP contribution < -0.4 is 10.7 Å². The lowest BCUT2D eigenvalue weighted by molar-refractivity contribution is 0.112. The van der Waals surface area contributed by atoms with E-state index >= 15 is 0 Å². The van der Waals surface area contributed by atoms with E-state index in [0.717, 1.165) is 23.0 Å². The predicted molar refractivity (Wildman–Crippen MR) is 87.7 cm³/mol. The SMILES string of the molecule is O=Cc1c2c(cc3c1=Nc1ccc(O)cc1-3)=Nc1ccc(O)cc1-2. The lowest BCUT2D eigenvalue weighted by Gasteiger charge is -2.05. The minimum atomic E-state index is 0.124. The molecule has 5 rings (SSSR count). The Morgan fingerprint density at radius 1 is 0.792 bits per heavy atom. The molecule has 0 fully saturated rings. The predicted octanol–water partition coefficient (Wildman–Crippen LogP) is 2.77. The van der Waals surface area contributed by atoms with Crippen molar-refractivity contribution in [2.24, 2.45) is 9.98 Å². The second-order valence-electron chi connectivity index (χ2n) is 5.82. The average molecular weight is 314 g/mol. The molecule has 0 radical (unpaired) electrons. The fraction of sp³-hybridized carbons (Fsp3) is 0. The summed E-state index contributed by atoms with van der Waals surface area (Å²) in [5.74, 6) is 0.273. The number of phenols is 2. The molecule has 0 amide bonds. The van der Waals surface area contributed by atoms with Crippen LogP contribution in [0.3, 0.4) is 0 Å². The third-order valence-corrected chi connectivity index (χ3v) is 4.43. The van der Waals surface area contributed by atoms with Crippen molar-refractivity contribution in [3.63, 3.8) is 0 Å². The molecule has 0 saturated carbocycles. The summed E-state index contributed by atoms with van der Waals surface area (Å²) < 4.78 is 0. The summed E-state index contributed by atoms with van der Waals surface area (Å²) in [5.41, 5.74) is 4.86. The van der Waals surface area contributed by atoms with Crippen molar-refractivity contribution in [2.45, 2.75) is 0 Å². The summed E-state index contributed by atoms with van der Waals surface area (Å²) in [6.07, 6.45) is 0.779. The van der Waals surface area contributed by atoms with Gasteiger partial charge in [-0.1, -0.05) is 0 Å². The zero-order valence-electron chi connectivity index (χ0n) is 12.3. The molecule has 2 N–H and O–H groups in total. The van der Waals surface area contributed by atoms with Crippen molar-refractivity contribution in [1.82, 2.24) is 0 Å². The van der Waals surface area contributed by atoms with Crippen LogP contribution in [-0.2, 0) is 0 Å². The molecule has 0 aromatic heterocycles. The number of carbonyl (C=O) groups excluding carboxylic acids is 1. The number of rotatable bonds is 1. The molecule has 2 heterocycles. The maximum absolute atomic E-state index is 11.8. The Morgan fingerprint density at radius 2 is 1.46 bits per heavy atom. The van der Waals surface area contributed by atoms with E-state index in [4.69, 9.17) is 0 Å². The van der Waals surface area contributed by atoms with Gasteiger partial charge in [0.05, 0.1) is 27.7 Å². The molecule has 5 nitrogen and oxygen atoms in total. The highest BCUT2D eigenvalue weighted by atomic mass is 16.3. The Balaban J connectivity index is 1.92. The summed E-state index contributed by atoms with van der Waals surface area (Å²) >= 11 is 0. The first-order valence-electron chi connectivity index (χ1n) is 7.42. The van der Waals surface area contributed by atoms with Gasteiger partial charge in [0.1, 0.15) is 11.5 Å². The first-order chi connectivity index (χ1) is 11.7. The molecule has 114 valence electrons. The van der Waals surface area contributed by atoms with Crippen molar-refractivity contribution in [1.29, 1.82) is 0 Å². The normalized spacial score (nSPS) is 12.5. The van der Waals surface area contributed by atoms with Gasteiger partial charge in [-0.3, -0.25) is 4.79 Å². The van der Waals surface area contributed by atoms with Crippen LogP contribution in [0.15, 0.2) is 52.4 Å². The molecule has 2 aliphatic rings. The second-order valence-corrected chi connectivity index (χ2v) is 5.82. The Hall–Kier alpha value is -3.47. The monoisotopic (exact) mass is 314 g/mol. The number of nitrogens with zero attached hydrogens (tertiary/aromatic N) is 2. The van der Waals surface area contributed by atoms with Gasteiger partial charge in [-0.25, -0.2) is 9.98 Å². The summed E-state index contributed by atoms with van der Waals surface area (Å²) in [6.45, 7) is 0. The van der Waals surface area contributed by atoms with Crippen LogP contribution in [0.5, 0.6) is 11.5 Å². The van der Waals surface area contributed by atoms with E-state index in [2.05, 4.69) is 9.98 Å². The topological polar surface area (TPSA) is 82.2 Å². The molecule has 0 spiro atoms. The fourth-order valence-corrected chi connectivity index (χ4v) is 3.40. The zero-order valence-corrected chi connectivity index (χ0v) is 12.3. The first kappa shape index (κ1) is 13.0. The van der Waals surface area contributed by atoms with Gasteiger partial charge < -0.3 is 10.2 Å². The van der Waals surface area contributed by atoms with Crippen molar-refractivity contribution < 1.29 is 15.0 Å². The first-order valence-corrected chi connectivity index (χ1v) is 7.42. The van der Waals surface area contributed by atoms with Crippen molar-refractivity contribution in [3.05, 3.63) is 58.7 Å². The van der Waals surface area contributed by atoms with E-state index in [1.54, 1.807) is 36.4 Å². The van der Waals surface area contributed by atoms with Crippen LogP contribution in [-0.4, -0.2) is 16.5 Å².